The van der Waals surface area contributed by atoms with Gasteiger partial charge < -0.3 is 5.73 Å². The van der Waals surface area contributed by atoms with Crippen LogP contribution in [0.3, 0.4) is 0 Å². The van der Waals surface area contributed by atoms with Crippen LogP contribution in [0.25, 0.3) is 0 Å². The van der Waals surface area contributed by atoms with Gasteiger partial charge in [0.25, 0.3) is 0 Å². The molecule has 0 radical (unpaired) electrons. The standard InChI is InChI=1S/C14H19N3O2S2/c1-8-6-5-7-12(15)14(8)21(18,19)17-10(3)13-9(2)16-11(4)20-13/h5-7,10,17H,15H2,1-4H3. The van der Waals surface area contributed by atoms with Crippen LogP contribution in [0.1, 0.15) is 34.1 Å². The molecule has 5 nitrogen and oxygen atoms in total. The van der Waals surface area contributed by atoms with E-state index < -0.39 is 10.0 Å². The number of aromatic nitrogens is 1. The zero-order valence-corrected chi connectivity index (χ0v) is 14.1. The van der Waals surface area contributed by atoms with Gasteiger partial charge in [0.1, 0.15) is 4.90 Å². The zero-order chi connectivity index (χ0) is 15.8. The van der Waals surface area contributed by atoms with Gasteiger partial charge in [-0.25, -0.2) is 18.1 Å². The maximum absolute atomic E-state index is 12.6. The first-order valence-electron chi connectivity index (χ1n) is 6.53. The minimum Gasteiger partial charge on any atom is -0.398 e. The van der Waals surface area contributed by atoms with Crippen LogP contribution in [0, 0.1) is 20.8 Å². The molecule has 0 aliphatic carbocycles. The van der Waals surface area contributed by atoms with E-state index in [1.54, 1.807) is 25.1 Å². The molecule has 1 aromatic carbocycles. The van der Waals surface area contributed by atoms with Crippen LogP contribution in [0.5, 0.6) is 0 Å². The largest absolute Gasteiger partial charge is 0.398 e. The van der Waals surface area contributed by atoms with Crippen LogP contribution >= 0.6 is 11.3 Å². The van der Waals surface area contributed by atoms with Gasteiger partial charge in [0.05, 0.1) is 22.4 Å². The highest BCUT2D eigenvalue weighted by atomic mass is 32.2. The second kappa shape index (κ2) is 5.75. The van der Waals surface area contributed by atoms with Crippen molar-refractivity contribution in [3.05, 3.63) is 39.3 Å². The second-order valence-electron chi connectivity index (χ2n) is 5.02. The van der Waals surface area contributed by atoms with Gasteiger partial charge in [0.15, 0.2) is 0 Å². The topological polar surface area (TPSA) is 85.1 Å². The lowest BCUT2D eigenvalue weighted by Crippen LogP contribution is -2.28. The number of aryl methyl sites for hydroxylation is 3. The molecule has 0 saturated carbocycles. The summed E-state index contributed by atoms with van der Waals surface area (Å²) in [4.78, 5) is 5.40. The molecule has 0 bridgehead atoms. The third-order valence-corrected chi connectivity index (χ3v) is 6.19. The lowest BCUT2D eigenvalue weighted by Gasteiger charge is -2.16. The molecule has 1 unspecified atom stereocenters. The van der Waals surface area contributed by atoms with Crippen LogP contribution < -0.4 is 10.5 Å². The normalized spacial score (nSPS) is 13.3. The molecule has 2 aromatic rings. The molecule has 0 aliphatic rings. The Labute approximate surface area is 129 Å². The van der Waals surface area contributed by atoms with Crippen molar-refractivity contribution < 1.29 is 8.42 Å². The maximum Gasteiger partial charge on any atom is 0.243 e. The van der Waals surface area contributed by atoms with E-state index in [9.17, 15) is 8.42 Å². The fraction of sp³-hybridized carbons (Fsp3) is 0.357. The molecule has 0 saturated heterocycles. The van der Waals surface area contributed by atoms with Crippen molar-refractivity contribution in [1.29, 1.82) is 0 Å². The van der Waals surface area contributed by atoms with E-state index in [1.807, 2.05) is 20.8 Å². The number of benzene rings is 1. The van der Waals surface area contributed by atoms with Crippen molar-refractivity contribution in [2.45, 2.75) is 38.6 Å². The SMILES string of the molecule is Cc1nc(C)c(C(C)NS(=O)(=O)c2c(C)cccc2N)s1. The molecule has 1 aromatic heterocycles. The summed E-state index contributed by atoms with van der Waals surface area (Å²) in [5.41, 5.74) is 7.57. The number of hydrogen-bond donors (Lipinski definition) is 2. The van der Waals surface area contributed by atoms with E-state index in [4.69, 9.17) is 5.73 Å². The molecule has 21 heavy (non-hydrogen) atoms. The van der Waals surface area contributed by atoms with Crippen molar-refractivity contribution in [3.63, 3.8) is 0 Å². The Hall–Kier alpha value is -1.44. The third-order valence-electron chi connectivity index (χ3n) is 3.18. The summed E-state index contributed by atoms with van der Waals surface area (Å²) >= 11 is 1.50. The Morgan fingerprint density at radius 2 is 1.95 bits per heavy atom. The third kappa shape index (κ3) is 3.25. The van der Waals surface area contributed by atoms with Crippen molar-refractivity contribution >= 4 is 27.0 Å². The molecule has 114 valence electrons. The Bertz CT molecular complexity index is 746. The second-order valence-corrected chi connectivity index (χ2v) is 7.90. The van der Waals surface area contributed by atoms with Gasteiger partial charge in [0.2, 0.25) is 10.0 Å². The summed E-state index contributed by atoms with van der Waals surface area (Å²) in [7, 11) is -3.67. The number of nitrogens with one attached hydrogen (secondary N) is 1. The quantitative estimate of drug-likeness (QED) is 0.846. The highest BCUT2D eigenvalue weighted by Gasteiger charge is 2.24. The smallest absolute Gasteiger partial charge is 0.243 e. The molecule has 0 aliphatic heterocycles. The molecule has 2 rings (SSSR count). The van der Waals surface area contributed by atoms with E-state index in [-0.39, 0.29) is 16.6 Å². The van der Waals surface area contributed by atoms with Gasteiger partial charge in [-0.1, -0.05) is 12.1 Å². The van der Waals surface area contributed by atoms with E-state index in [1.165, 1.54) is 11.3 Å². The first-order valence-corrected chi connectivity index (χ1v) is 8.83. The summed E-state index contributed by atoms with van der Waals surface area (Å²) in [6.07, 6.45) is 0. The van der Waals surface area contributed by atoms with Crippen LogP contribution in [0.2, 0.25) is 0 Å². The Morgan fingerprint density at radius 1 is 1.29 bits per heavy atom. The van der Waals surface area contributed by atoms with Gasteiger partial charge in [-0.15, -0.1) is 11.3 Å². The lowest BCUT2D eigenvalue weighted by atomic mass is 10.2. The fourth-order valence-corrected chi connectivity index (χ4v) is 4.91. The maximum atomic E-state index is 12.6. The van der Waals surface area contributed by atoms with Crippen molar-refractivity contribution in [3.8, 4) is 0 Å². The number of anilines is 1. The predicted octanol–water partition coefficient (Wildman–Crippen LogP) is 2.69. The molecule has 1 atom stereocenters. The van der Waals surface area contributed by atoms with E-state index in [2.05, 4.69) is 9.71 Å². The van der Waals surface area contributed by atoms with Crippen LogP contribution in [-0.4, -0.2) is 13.4 Å². The number of nitrogens with two attached hydrogens (primary N) is 1. The van der Waals surface area contributed by atoms with Crippen molar-refractivity contribution in [2.75, 3.05) is 5.73 Å². The molecule has 3 N–H and O–H groups in total. The summed E-state index contributed by atoms with van der Waals surface area (Å²) in [6, 6.07) is 4.72. The van der Waals surface area contributed by atoms with Gasteiger partial charge in [0, 0.05) is 4.88 Å². The molecular weight excluding hydrogens is 306 g/mol. The molecule has 0 spiro atoms. The Balaban J connectivity index is 2.36. The van der Waals surface area contributed by atoms with Crippen LogP contribution in [0.15, 0.2) is 23.1 Å². The number of rotatable bonds is 4. The van der Waals surface area contributed by atoms with Gasteiger partial charge >= 0.3 is 0 Å². The monoisotopic (exact) mass is 325 g/mol. The summed E-state index contributed by atoms with van der Waals surface area (Å²) in [5, 5.41) is 0.920. The number of thiazole rings is 1. The van der Waals surface area contributed by atoms with Crippen LogP contribution in [0.4, 0.5) is 5.69 Å². The van der Waals surface area contributed by atoms with Crippen molar-refractivity contribution in [1.82, 2.24) is 9.71 Å². The van der Waals surface area contributed by atoms with E-state index in [0.29, 0.717) is 5.56 Å². The molecule has 7 heteroatoms. The minimum absolute atomic E-state index is 0.149. The highest BCUT2D eigenvalue weighted by Crippen LogP contribution is 2.28. The lowest BCUT2D eigenvalue weighted by molar-refractivity contribution is 0.568. The Kier molecular flexibility index (Phi) is 4.36. The summed E-state index contributed by atoms with van der Waals surface area (Å²) < 4.78 is 27.8. The fourth-order valence-electron chi connectivity index (χ4n) is 2.34. The Morgan fingerprint density at radius 3 is 2.48 bits per heavy atom. The first-order chi connectivity index (χ1) is 9.72. The predicted molar refractivity (Wildman–Crippen MR) is 85.9 cm³/mol. The number of nitrogens with zero attached hydrogens (tertiary/aromatic N) is 1. The molecular formula is C14H19N3O2S2. The zero-order valence-electron chi connectivity index (χ0n) is 12.5. The van der Waals surface area contributed by atoms with Crippen molar-refractivity contribution in [2.24, 2.45) is 0 Å². The molecule has 0 amide bonds. The van der Waals surface area contributed by atoms with Gasteiger partial charge in [-0.2, -0.15) is 0 Å². The summed E-state index contributed by atoms with van der Waals surface area (Å²) in [5.74, 6) is 0. The number of hydrogen-bond acceptors (Lipinski definition) is 5. The van der Waals surface area contributed by atoms with Gasteiger partial charge in [-0.3, -0.25) is 0 Å². The average molecular weight is 325 g/mol. The van der Waals surface area contributed by atoms with Crippen LogP contribution in [-0.2, 0) is 10.0 Å². The van der Waals surface area contributed by atoms with Gasteiger partial charge in [-0.05, 0) is 39.3 Å². The number of nitrogen functional groups attached to an aromatic ring is 1. The molecule has 0 fully saturated rings. The first kappa shape index (κ1) is 15.9. The average Bonchev–Trinajstić information content (AvgIpc) is 2.67. The molecule has 1 heterocycles. The number of sulfonamides is 1. The van der Waals surface area contributed by atoms with E-state index >= 15 is 0 Å². The van der Waals surface area contributed by atoms with E-state index in [0.717, 1.165) is 15.6 Å². The summed E-state index contributed by atoms with van der Waals surface area (Å²) in [6.45, 7) is 7.33. The minimum atomic E-state index is -3.67. The highest BCUT2D eigenvalue weighted by molar-refractivity contribution is 7.89.